The van der Waals surface area contributed by atoms with Crippen molar-refractivity contribution in [1.29, 1.82) is 5.26 Å². The highest BCUT2D eigenvalue weighted by Gasteiger charge is 2.19. The summed E-state index contributed by atoms with van der Waals surface area (Å²) in [6, 6.07) is 19.3. The van der Waals surface area contributed by atoms with Gasteiger partial charge in [-0.3, -0.25) is 9.88 Å². The Labute approximate surface area is 160 Å². The molecule has 1 aliphatic rings. The van der Waals surface area contributed by atoms with Crippen molar-refractivity contribution in [2.24, 2.45) is 0 Å². The molecule has 0 amide bonds. The van der Waals surface area contributed by atoms with E-state index in [2.05, 4.69) is 63.3 Å². The van der Waals surface area contributed by atoms with Gasteiger partial charge >= 0.3 is 0 Å². The van der Waals surface area contributed by atoms with Gasteiger partial charge < -0.3 is 4.90 Å². The van der Waals surface area contributed by atoms with E-state index in [1.165, 1.54) is 22.8 Å². The van der Waals surface area contributed by atoms with Crippen LogP contribution in [0.2, 0.25) is 0 Å². The Kier molecular flexibility index (Phi) is 5.32. The monoisotopic (exact) mass is 356 g/mol. The summed E-state index contributed by atoms with van der Waals surface area (Å²) in [6.07, 6.45) is 5.79. The summed E-state index contributed by atoms with van der Waals surface area (Å²) in [7, 11) is 0. The third kappa shape index (κ3) is 3.94. The van der Waals surface area contributed by atoms with Crippen LogP contribution in [0.3, 0.4) is 0 Å². The lowest BCUT2D eigenvalue weighted by molar-refractivity contribution is 0.255. The zero-order chi connectivity index (χ0) is 18.5. The number of benzene rings is 2. The van der Waals surface area contributed by atoms with Crippen molar-refractivity contribution in [3.8, 4) is 6.07 Å². The molecule has 0 N–H and O–H groups in total. The van der Waals surface area contributed by atoms with Gasteiger partial charge in [-0.15, -0.1) is 0 Å². The van der Waals surface area contributed by atoms with Gasteiger partial charge in [-0.1, -0.05) is 42.5 Å². The summed E-state index contributed by atoms with van der Waals surface area (Å²) >= 11 is 0. The van der Waals surface area contributed by atoms with Crippen molar-refractivity contribution >= 4 is 16.5 Å². The molecule has 3 aromatic rings. The molecule has 1 aliphatic heterocycles. The van der Waals surface area contributed by atoms with Crippen LogP contribution in [0, 0.1) is 11.3 Å². The van der Waals surface area contributed by atoms with Gasteiger partial charge in [0.25, 0.3) is 0 Å². The molecule has 27 heavy (non-hydrogen) atoms. The Morgan fingerprint density at radius 3 is 2.63 bits per heavy atom. The molecule has 4 rings (SSSR count). The van der Waals surface area contributed by atoms with Crippen LogP contribution in [-0.2, 0) is 6.42 Å². The number of aromatic nitrogens is 1. The molecular formula is C23H24N4. The molecule has 0 spiro atoms. The van der Waals surface area contributed by atoms with Crippen molar-refractivity contribution in [3.05, 3.63) is 72.1 Å². The normalized spacial score (nSPS) is 15.0. The lowest BCUT2D eigenvalue weighted by Gasteiger charge is -2.36. The second-order valence-corrected chi connectivity index (χ2v) is 7.08. The number of nitrogens with zero attached hydrogens (tertiary/aromatic N) is 4. The first kappa shape index (κ1) is 17.5. The molecule has 1 fully saturated rings. The quantitative estimate of drug-likeness (QED) is 0.696. The number of nitriles is 1. The van der Waals surface area contributed by atoms with Gasteiger partial charge in [0.05, 0.1) is 17.4 Å². The van der Waals surface area contributed by atoms with E-state index in [1.54, 1.807) is 12.3 Å². The second-order valence-electron chi connectivity index (χ2n) is 7.08. The SMILES string of the molecule is N#Cc1ccncc1N1CCN(CCCc2cccc3ccccc23)CC1. The first-order chi connectivity index (χ1) is 13.3. The van der Waals surface area contributed by atoms with Gasteiger partial charge in [-0.2, -0.15) is 5.26 Å². The van der Waals surface area contributed by atoms with Crippen molar-refractivity contribution < 1.29 is 0 Å². The van der Waals surface area contributed by atoms with E-state index in [9.17, 15) is 5.26 Å². The van der Waals surface area contributed by atoms with E-state index >= 15 is 0 Å². The van der Waals surface area contributed by atoms with Crippen LogP contribution in [0.4, 0.5) is 5.69 Å². The molecule has 0 bridgehead atoms. The highest BCUT2D eigenvalue weighted by molar-refractivity contribution is 5.85. The van der Waals surface area contributed by atoms with Crippen LogP contribution in [0.25, 0.3) is 10.8 Å². The van der Waals surface area contributed by atoms with E-state index in [-0.39, 0.29) is 0 Å². The molecule has 4 heteroatoms. The molecule has 0 saturated carbocycles. The zero-order valence-electron chi connectivity index (χ0n) is 15.5. The van der Waals surface area contributed by atoms with Crippen molar-refractivity contribution in [3.63, 3.8) is 0 Å². The molecular weight excluding hydrogens is 332 g/mol. The maximum Gasteiger partial charge on any atom is 0.101 e. The van der Waals surface area contributed by atoms with Crippen LogP contribution >= 0.6 is 0 Å². The molecule has 0 radical (unpaired) electrons. The predicted molar refractivity (Wildman–Crippen MR) is 110 cm³/mol. The van der Waals surface area contributed by atoms with Crippen molar-refractivity contribution in [1.82, 2.24) is 9.88 Å². The molecule has 0 unspecified atom stereocenters. The first-order valence-electron chi connectivity index (χ1n) is 9.63. The van der Waals surface area contributed by atoms with Gasteiger partial charge in [0.2, 0.25) is 0 Å². The van der Waals surface area contributed by atoms with Crippen LogP contribution in [0.15, 0.2) is 60.9 Å². The number of aryl methyl sites for hydroxylation is 1. The number of piperazine rings is 1. The van der Waals surface area contributed by atoms with Gasteiger partial charge in [0, 0.05) is 32.4 Å². The molecule has 4 nitrogen and oxygen atoms in total. The Morgan fingerprint density at radius 1 is 0.963 bits per heavy atom. The van der Waals surface area contributed by atoms with E-state index in [0.717, 1.165) is 50.4 Å². The van der Waals surface area contributed by atoms with Gasteiger partial charge in [0.15, 0.2) is 0 Å². The summed E-state index contributed by atoms with van der Waals surface area (Å²) in [5.41, 5.74) is 3.13. The Balaban J connectivity index is 1.30. The average Bonchev–Trinajstić information content (AvgIpc) is 2.74. The first-order valence-corrected chi connectivity index (χ1v) is 9.63. The number of fused-ring (bicyclic) bond motifs is 1. The summed E-state index contributed by atoms with van der Waals surface area (Å²) < 4.78 is 0. The summed E-state index contributed by atoms with van der Waals surface area (Å²) in [5.74, 6) is 0. The van der Waals surface area contributed by atoms with E-state index in [4.69, 9.17) is 0 Å². The number of pyridine rings is 1. The largest absolute Gasteiger partial charge is 0.367 e. The van der Waals surface area contributed by atoms with E-state index < -0.39 is 0 Å². The zero-order valence-corrected chi connectivity index (χ0v) is 15.5. The molecule has 0 atom stereocenters. The maximum atomic E-state index is 9.29. The third-order valence-electron chi connectivity index (χ3n) is 5.43. The smallest absolute Gasteiger partial charge is 0.101 e. The minimum Gasteiger partial charge on any atom is -0.367 e. The molecule has 1 aromatic heterocycles. The molecule has 2 heterocycles. The number of rotatable bonds is 5. The van der Waals surface area contributed by atoms with Crippen LogP contribution in [0.1, 0.15) is 17.5 Å². The second kappa shape index (κ2) is 8.20. The topological polar surface area (TPSA) is 43.2 Å². The average molecular weight is 356 g/mol. The Morgan fingerprint density at radius 2 is 1.78 bits per heavy atom. The third-order valence-corrected chi connectivity index (χ3v) is 5.43. The fraction of sp³-hybridized carbons (Fsp3) is 0.304. The van der Waals surface area contributed by atoms with Crippen LogP contribution < -0.4 is 4.90 Å². The Bertz CT molecular complexity index is 946. The van der Waals surface area contributed by atoms with Crippen molar-refractivity contribution in [2.75, 3.05) is 37.6 Å². The van der Waals surface area contributed by atoms with Crippen LogP contribution in [0.5, 0.6) is 0 Å². The minimum atomic E-state index is 0.717. The van der Waals surface area contributed by atoms with E-state index in [1.807, 2.05) is 6.20 Å². The number of hydrogen-bond donors (Lipinski definition) is 0. The standard InChI is InChI=1S/C23H24N4/c24-17-21-10-11-25-18-23(21)27-15-13-26(14-16-27)12-4-8-20-7-3-6-19-5-1-2-9-22(19)20/h1-3,5-7,9-11,18H,4,8,12-16H2. The Hall–Kier alpha value is -2.90. The minimum absolute atomic E-state index is 0.717. The van der Waals surface area contributed by atoms with Gasteiger partial charge in [0.1, 0.15) is 6.07 Å². The molecule has 0 aliphatic carbocycles. The fourth-order valence-corrected chi connectivity index (χ4v) is 3.95. The maximum absolute atomic E-state index is 9.29. The van der Waals surface area contributed by atoms with Gasteiger partial charge in [-0.25, -0.2) is 0 Å². The summed E-state index contributed by atoms with van der Waals surface area (Å²) in [5, 5.41) is 12.0. The predicted octanol–water partition coefficient (Wildman–Crippen LogP) is 3.86. The number of hydrogen-bond acceptors (Lipinski definition) is 4. The highest BCUT2D eigenvalue weighted by Crippen LogP contribution is 2.21. The van der Waals surface area contributed by atoms with Crippen LogP contribution in [-0.4, -0.2) is 42.6 Å². The summed E-state index contributed by atoms with van der Waals surface area (Å²) in [4.78, 5) is 9.01. The van der Waals surface area contributed by atoms with Crippen molar-refractivity contribution in [2.45, 2.75) is 12.8 Å². The molecule has 136 valence electrons. The lowest BCUT2D eigenvalue weighted by Crippen LogP contribution is -2.47. The van der Waals surface area contributed by atoms with E-state index in [0.29, 0.717) is 0 Å². The number of anilines is 1. The van der Waals surface area contributed by atoms with Gasteiger partial charge in [-0.05, 0) is 41.8 Å². The lowest BCUT2D eigenvalue weighted by atomic mass is 10.0. The molecule has 2 aromatic carbocycles. The summed E-state index contributed by atoms with van der Waals surface area (Å²) in [6.45, 7) is 5.10. The fourth-order valence-electron chi connectivity index (χ4n) is 3.95. The highest BCUT2D eigenvalue weighted by atomic mass is 15.3. The molecule has 1 saturated heterocycles.